The second kappa shape index (κ2) is 8.03. The summed E-state index contributed by atoms with van der Waals surface area (Å²) >= 11 is 3.50. The Kier molecular flexibility index (Phi) is 6.35. The smallest absolute Gasteiger partial charge is 0.0233 e. The number of rotatable bonds is 6. The van der Waals surface area contributed by atoms with Crippen molar-refractivity contribution in [2.75, 3.05) is 26.2 Å². The lowest BCUT2D eigenvalue weighted by Crippen LogP contribution is -2.36. The van der Waals surface area contributed by atoms with Crippen LogP contribution in [0.15, 0.2) is 28.7 Å². The Labute approximate surface area is 125 Å². The fourth-order valence-electron chi connectivity index (χ4n) is 2.83. The largest absolute Gasteiger partial charge is 0.317 e. The summed E-state index contributed by atoms with van der Waals surface area (Å²) in [6.45, 7) is 8.22. The van der Waals surface area contributed by atoms with Crippen LogP contribution in [0.4, 0.5) is 0 Å². The monoisotopic (exact) mass is 324 g/mol. The Bertz CT molecular complexity index is 358. The molecule has 2 nitrogen and oxygen atoms in total. The molecule has 1 aromatic rings. The van der Waals surface area contributed by atoms with E-state index in [1.807, 2.05) is 0 Å². The Hall–Kier alpha value is -0.380. The maximum Gasteiger partial charge on any atom is 0.0233 e. The molecule has 0 radical (unpaired) electrons. The van der Waals surface area contributed by atoms with Gasteiger partial charge in [0.05, 0.1) is 0 Å². The van der Waals surface area contributed by atoms with Crippen LogP contribution in [-0.2, 0) is 6.54 Å². The summed E-state index contributed by atoms with van der Waals surface area (Å²) in [6.07, 6.45) is 3.91. The second-order valence-electron chi connectivity index (χ2n) is 5.55. The van der Waals surface area contributed by atoms with Crippen LogP contribution in [-0.4, -0.2) is 31.1 Å². The van der Waals surface area contributed by atoms with Gasteiger partial charge in [0.1, 0.15) is 0 Å². The molecular weight excluding hydrogens is 300 g/mol. The SMILES string of the molecule is CCCN(Cc1ccc(Br)cc1)CC1CCNCC1. The topological polar surface area (TPSA) is 15.3 Å². The van der Waals surface area contributed by atoms with Gasteiger partial charge in [-0.2, -0.15) is 0 Å². The molecule has 0 saturated carbocycles. The minimum atomic E-state index is 0.878. The number of hydrogen-bond acceptors (Lipinski definition) is 2. The van der Waals surface area contributed by atoms with Crippen molar-refractivity contribution in [1.82, 2.24) is 10.2 Å². The molecule has 1 saturated heterocycles. The van der Waals surface area contributed by atoms with Crippen molar-refractivity contribution in [2.24, 2.45) is 5.92 Å². The van der Waals surface area contributed by atoms with Gasteiger partial charge in [0.15, 0.2) is 0 Å². The van der Waals surface area contributed by atoms with Gasteiger partial charge in [0.25, 0.3) is 0 Å². The van der Waals surface area contributed by atoms with Crippen molar-refractivity contribution in [3.8, 4) is 0 Å². The first kappa shape index (κ1) is 15.0. The summed E-state index contributed by atoms with van der Waals surface area (Å²) < 4.78 is 1.16. The molecule has 0 aliphatic carbocycles. The Morgan fingerprint density at radius 3 is 2.53 bits per heavy atom. The molecule has 0 amide bonds. The molecule has 0 atom stereocenters. The highest BCUT2D eigenvalue weighted by atomic mass is 79.9. The summed E-state index contributed by atoms with van der Waals surface area (Å²) in [5, 5.41) is 3.45. The Morgan fingerprint density at radius 1 is 1.21 bits per heavy atom. The van der Waals surface area contributed by atoms with Crippen molar-refractivity contribution in [3.63, 3.8) is 0 Å². The number of nitrogens with zero attached hydrogens (tertiary/aromatic N) is 1. The fraction of sp³-hybridized carbons (Fsp3) is 0.625. The van der Waals surface area contributed by atoms with E-state index in [0.29, 0.717) is 0 Å². The van der Waals surface area contributed by atoms with E-state index in [1.165, 1.54) is 51.0 Å². The van der Waals surface area contributed by atoms with Crippen LogP contribution in [0.25, 0.3) is 0 Å². The third kappa shape index (κ3) is 5.25. The van der Waals surface area contributed by atoms with Crippen molar-refractivity contribution >= 4 is 15.9 Å². The van der Waals surface area contributed by atoms with E-state index < -0.39 is 0 Å². The van der Waals surface area contributed by atoms with E-state index in [2.05, 4.69) is 57.3 Å². The standard InChI is InChI=1S/C16H25BrN2/c1-2-11-19(13-15-7-9-18-10-8-15)12-14-3-5-16(17)6-4-14/h3-6,15,18H,2,7-13H2,1H3. The highest BCUT2D eigenvalue weighted by Crippen LogP contribution is 2.17. The zero-order chi connectivity index (χ0) is 13.5. The fourth-order valence-corrected chi connectivity index (χ4v) is 3.09. The van der Waals surface area contributed by atoms with Crippen molar-refractivity contribution in [1.29, 1.82) is 0 Å². The van der Waals surface area contributed by atoms with Crippen LogP contribution in [0.3, 0.4) is 0 Å². The first-order chi connectivity index (χ1) is 9.28. The number of nitrogens with one attached hydrogen (secondary N) is 1. The predicted molar refractivity (Wildman–Crippen MR) is 85.3 cm³/mol. The molecule has 0 spiro atoms. The first-order valence-electron chi connectivity index (χ1n) is 7.45. The lowest BCUT2D eigenvalue weighted by atomic mass is 9.97. The number of piperidine rings is 1. The van der Waals surface area contributed by atoms with E-state index >= 15 is 0 Å². The molecule has 0 aromatic heterocycles. The van der Waals surface area contributed by atoms with Gasteiger partial charge in [-0.3, -0.25) is 4.90 Å². The first-order valence-corrected chi connectivity index (χ1v) is 8.24. The average molecular weight is 325 g/mol. The van der Waals surface area contributed by atoms with Gasteiger partial charge in [-0.1, -0.05) is 35.0 Å². The van der Waals surface area contributed by atoms with Gasteiger partial charge in [-0.25, -0.2) is 0 Å². The number of halogens is 1. The van der Waals surface area contributed by atoms with Gasteiger partial charge in [0, 0.05) is 17.6 Å². The zero-order valence-corrected chi connectivity index (χ0v) is 13.5. The molecule has 19 heavy (non-hydrogen) atoms. The normalized spacial score (nSPS) is 17.0. The zero-order valence-electron chi connectivity index (χ0n) is 11.9. The van der Waals surface area contributed by atoms with Crippen LogP contribution in [0, 0.1) is 5.92 Å². The molecule has 0 unspecified atom stereocenters. The van der Waals surface area contributed by atoms with Gasteiger partial charge >= 0.3 is 0 Å². The van der Waals surface area contributed by atoms with Crippen LogP contribution in [0.5, 0.6) is 0 Å². The lowest BCUT2D eigenvalue weighted by Gasteiger charge is -2.30. The molecule has 1 heterocycles. The van der Waals surface area contributed by atoms with E-state index in [9.17, 15) is 0 Å². The van der Waals surface area contributed by atoms with Crippen LogP contribution in [0.2, 0.25) is 0 Å². The van der Waals surface area contributed by atoms with E-state index in [4.69, 9.17) is 0 Å². The summed E-state index contributed by atoms with van der Waals surface area (Å²) in [5.41, 5.74) is 1.42. The number of benzene rings is 1. The molecular formula is C16H25BrN2. The lowest BCUT2D eigenvalue weighted by molar-refractivity contribution is 0.199. The van der Waals surface area contributed by atoms with Crippen LogP contribution in [0.1, 0.15) is 31.7 Å². The molecule has 1 aliphatic rings. The average Bonchev–Trinajstić information content (AvgIpc) is 2.43. The molecule has 106 valence electrons. The predicted octanol–water partition coefficient (Wildman–Crippen LogP) is 3.66. The molecule has 1 aromatic carbocycles. The van der Waals surface area contributed by atoms with Crippen molar-refractivity contribution in [3.05, 3.63) is 34.3 Å². The highest BCUT2D eigenvalue weighted by Gasteiger charge is 2.16. The molecule has 0 bridgehead atoms. The van der Waals surface area contributed by atoms with Crippen molar-refractivity contribution < 1.29 is 0 Å². The highest BCUT2D eigenvalue weighted by molar-refractivity contribution is 9.10. The number of hydrogen-bond donors (Lipinski definition) is 1. The van der Waals surface area contributed by atoms with Gasteiger partial charge in [0.2, 0.25) is 0 Å². The van der Waals surface area contributed by atoms with Gasteiger partial charge in [-0.15, -0.1) is 0 Å². The second-order valence-corrected chi connectivity index (χ2v) is 6.47. The Morgan fingerprint density at radius 2 is 1.89 bits per heavy atom. The molecule has 1 fully saturated rings. The summed E-state index contributed by atoms with van der Waals surface area (Å²) in [7, 11) is 0. The third-order valence-corrected chi connectivity index (χ3v) is 4.36. The summed E-state index contributed by atoms with van der Waals surface area (Å²) in [5.74, 6) is 0.878. The quantitative estimate of drug-likeness (QED) is 0.859. The molecule has 3 heteroatoms. The minimum absolute atomic E-state index is 0.878. The van der Waals surface area contributed by atoms with Gasteiger partial charge in [-0.05, 0) is 62.5 Å². The maximum atomic E-state index is 3.50. The third-order valence-electron chi connectivity index (χ3n) is 3.83. The minimum Gasteiger partial charge on any atom is -0.317 e. The van der Waals surface area contributed by atoms with Crippen molar-refractivity contribution in [2.45, 2.75) is 32.7 Å². The van der Waals surface area contributed by atoms with Crippen LogP contribution < -0.4 is 5.32 Å². The van der Waals surface area contributed by atoms with E-state index in [0.717, 1.165) is 16.9 Å². The van der Waals surface area contributed by atoms with Crippen LogP contribution >= 0.6 is 15.9 Å². The van der Waals surface area contributed by atoms with E-state index in [1.54, 1.807) is 0 Å². The van der Waals surface area contributed by atoms with Gasteiger partial charge < -0.3 is 5.32 Å². The molecule has 1 N–H and O–H groups in total. The molecule has 1 aliphatic heterocycles. The van der Waals surface area contributed by atoms with E-state index in [-0.39, 0.29) is 0 Å². The summed E-state index contributed by atoms with van der Waals surface area (Å²) in [6, 6.07) is 8.75. The summed E-state index contributed by atoms with van der Waals surface area (Å²) in [4.78, 5) is 2.62. The molecule has 2 rings (SSSR count). The maximum absolute atomic E-state index is 3.50. The Balaban J connectivity index is 1.89.